The number of carbonyl (C=O) groups is 2. The molecule has 0 saturated carbocycles. The molecule has 124 valence electrons. The fourth-order valence-corrected chi connectivity index (χ4v) is 2.53. The van der Waals surface area contributed by atoms with Gasteiger partial charge in [0.15, 0.2) is 0 Å². The lowest BCUT2D eigenvalue weighted by atomic mass is 10.1. The van der Waals surface area contributed by atoms with Gasteiger partial charge in [0.05, 0.1) is 23.5 Å². The Labute approximate surface area is 142 Å². The Balaban J connectivity index is 1.91. The van der Waals surface area contributed by atoms with Crippen molar-refractivity contribution in [3.05, 3.63) is 52.3 Å². The van der Waals surface area contributed by atoms with Crippen LogP contribution in [0.3, 0.4) is 0 Å². The zero-order valence-electron chi connectivity index (χ0n) is 11.8. The molecule has 0 bridgehead atoms. The number of fused-ring (bicyclic) bond motifs is 1. The van der Waals surface area contributed by atoms with E-state index in [1.807, 2.05) is 0 Å². The summed E-state index contributed by atoms with van der Waals surface area (Å²) >= 11 is 3.23. The highest BCUT2D eigenvalue weighted by atomic mass is 79.9. The fourth-order valence-electron chi connectivity index (χ4n) is 2.30. The van der Waals surface area contributed by atoms with E-state index >= 15 is 0 Å². The summed E-state index contributed by atoms with van der Waals surface area (Å²) in [6.45, 7) is 0.0321. The zero-order chi connectivity index (χ0) is 17.5. The van der Waals surface area contributed by atoms with Crippen molar-refractivity contribution in [2.24, 2.45) is 0 Å². The van der Waals surface area contributed by atoms with Crippen molar-refractivity contribution >= 4 is 33.3 Å². The second-order valence-corrected chi connectivity index (χ2v) is 5.83. The predicted molar refractivity (Wildman–Crippen MR) is 80.6 cm³/mol. The maximum Gasteiger partial charge on any atom is 0.573 e. The van der Waals surface area contributed by atoms with Gasteiger partial charge in [0.2, 0.25) is 0 Å². The molecule has 1 aliphatic rings. The number of Topliss-reactive ketones (excluding diaryl/α,β-unsaturated/α-hetero) is 1. The van der Waals surface area contributed by atoms with Crippen LogP contribution in [-0.2, 0) is 11.3 Å². The lowest BCUT2D eigenvalue weighted by Gasteiger charge is -2.16. The third-order valence-corrected chi connectivity index (χ3v) is 3.75. The molecular weight excluding hydrogens is 393 g/mol. The molecule has 3 rings (SSSR count). The van der Waals surface area contributed by atoms with Gasteiger partial charge in [-0.1, -0.05) is 0 Å². The number of alkyl halides is 3. The summed E-state index contributed by atoms with van der Waals surface area (Å²) in [5.74, 6) is -2.25. The van der Waals surface area contributed by atoms with Crippen molar-refractivity contribution in [2.75, 3.05) is 4.90 Å². The average molecular weight is 401 g/mol. The lowest BCUT2D eigenvalue weighted by Crippen LogP contribution is -2.29. The van der Waals surface area contributed by atoms with Crippen LogP contribution in [0.25, 0.3) is 0 Å². The highest BCUT2D eigenvalue weighted by Crippen LogP contribution is 2.34. The molecule has 24 heavy (non-hydrogen) atoms. The van der Waals surface area contributed by atoms with Crippen LogP contribution in [0.1, 0.15) is 16.1 Å². The van der Waals surface area contributed by atoms with Gasteiger partial charge in [-0.05, 0) is 46.3 Å². The minimum Gasteiger partial charge on any atom is -0.406 e. The molecule has 0 atom stereocenters. The minimum absolute atomic E-state index is 0.0321. The van der Waals surface area contributed by atoms with Gasteiger partial charge in [0.1, 0.15) is 5.75 Å². The number of aromatic nitrogens is 1. The first kappa shape index (κ1) is 16.4. The normalized spacial score (nSPS) is 14.1. The summed E-state index contributed by atoms with van der Waals surface area (Å²) in [5.41, 5.74) is 0.630. The Morgan fingerprint density at radius 2 is 1.92 bits per heavy atom. The van der Waals surface area contributed by atoms with E-state index in [0.717, 1.165) is 16.6 Å². The Kier molecular flexibility index (Phi) is 4.04. The van der Waals surface area contributed by atoms with Crippen LogP contribution in [0, 0.1) is 0 Å². The van der Waals surface area contributed by atoms with Crippen LogP contribution in [-0.4, -0.2) is 23.0 Å². The van der Waals surface area contributed by atoms with Gasteiger partial charge in [-0.3, -0.25) is 19.5 Å². The molecule has 1 aromatic heterocycles. The number of ketones is 1. The molecule has 0 saturated heterocycles. The van der Waals surface area contributed by atoms with E-state index in [4.69, 9.17) is 0 Å². The molecule has 0 unspecified atom stereocenters. The number of rotatable bonds is 3. The molecule has 0 radical (unpaired) electrons. The van der Waals surface area contributed by atoms with Gasteiger partial charge < -0.3 is 4.74 Å². The highest BCUT2D eigenvalue weighted by molar-refractivity contribution is 9.10. The van der Waals surface area contributed by atoms with Crippen molar-refractivity contribution in [3.8, 4) is 5.75 Å². The molecule has 0 fully saturated rings. The number of pyridine rings is 1. The second-order valence-electron chi connectivity index (χ2n) is 4.91. The maximum absolute atomic E-state index is 12.3. The van der Waals surface area contributed by atoms with Gasteiger partial charge >= 0.3 is 6.36 Å². The first-order valence-electron chi connectivity index (χ1n) is 6.61. The molecule has 1 aromatic carbocycles. The number of hydrogen-bond acceptors (Lipinski definition) is 4. The summed E-state index contributed by atoms with van der Waals surface area (Å²) in [5, 5.41) is 0. The molecule has 0 spiro atoms. The Morgan fingerprint density at radius 3 is 2.54 bits per heavy atom. The van der Waals surface area contributed by atoms with Gasteiger partial charge in [-0.25, -0.2) is 0 Å². The van der Waals surface area contributed by atoms with Crippen molar-refractivity contribution in [1.82, 2.24) is 4.98 Å². The van der Waals surface area contributed by atoms with Gasteiger partial charge in [-0.2, -0.15) is 0 Å². The molecule has 1 aliphatic heterocycles. The first-order chi connectivity index (χ1) is 11.2. The van der Waals surface area contributed by atoms with E-state index in [1.165, 1.54) is 11.0 Å². The molecular formula is C15H8BrF3N2O3. The van der Waals surface area contributed by atoms with E-state index in [0.29, 0.717) is 5.69 Å². The standard InChI is InChI=1S/C15H8BrF3N2O3/c16-8-1-2-9(20-6-8)7-21-12-4-3-10(24-15(17,18)19)5-11(12)13(22)14(21)23/h1-6H,7H2. The predicted octanol–water partition coefficient (Wildman–Crippen LogP) is 3.47. The van der Waals surface area contributed by atoms with E-state index < -0.39 is 23.8 Å². The summed E-state index contributed by atoms with van der Waals surface area (Å²) < 4.78 is 41.3. The maximum atomic E-state index is 12.3. The van der Waals surface area contributed by atoms with E-state index in [9.17, 15) is 22.8 Å². The Morgan fingerprint density at radius 1 is 1.17 bits per heavy atom. The van der Waals surface area contributed by atoms with E-state index in [1.54, 1.807) is 18.3 Å². The third-order valence-electron chi connectivity index (χ3n) is 3.29. The van der Waals surface area contributed by atoms with Crippen molar-refractivity contribution < 1.29 is 27.5 Å². The summed E-state index contributed by atoms with van der Waals surface area (Å²) in [6.07, 6.45) is -3.33. The van der Waals surface area contributed by atoms with Crippen LogP contribution >= 0.6 is 15.9 Å². The molecule has 0 aliphatic carbocycles. The van der Waals surface area contributed by atoms with Gasteiger partial charge in [0.25, 0.3) is 11.7 Å². The lowest BCUT2D eigenvalue weighted by molar-refractivity contribution is -0.274. The highest BCUT2D eigenvalue weighted by Gasteiger charge is 2.38. The molecule has 0 N–H and O–H groups in total. The van der Waals surface area contributed by atoms with Crippen molar-refractivity contribution in [1.29, 1.82) is 0 Å². The first-order valence-corrected chi connectivity index (χ1v) is 7.40. The molecule has 1 amide bonds. The smallest absolute Gasteiger partial charge is 0.406 e. The number of carbonyl (C=O) groups excluding carboxylic acids is 2. The number of nitrogens with zero attached hydrogens (tertiary/aromatic N) is 2. The van der Waals surface area contributed by atoms with E-state index in [2.05, 4.69) is 25.7 Å². The number of anilines is 1. The molecule has 9 heteroatoms. The minimum atomic E-state index is -4.87. The molecule has 2 heterocycles. The SMILES string of the molecule is O=C1C(=O)N(Cc2ccc(Br)cn2)c2ccc(OC(F)(F)F)cc21. The zero-order valence-corrected chi connectivity index (χ0v) is 13.4. The quantitative estimate of drug-likeness (QED) is 0.740. The number of hydrogen-bond donors (Lipinski definition) is 0. The van der Waals surface area contributed by atoms with Gasteiger partial charge in [-0.15, -0.1) is 13.2 Å². The topological polar surface area (TPSA) is 59.5 Å². The van der Waals surface area contributed by atoms with Gasteiger partial charge in [0, 0.05) is 10.7 Å². The third kappa shape index (κ3) is 3.25. The average Bonchev–Trinajstić information content (AvgIpc) is 2.73. The van der Waals surface area contributed by atoms with Crippen LogP contribution in [0.2, 0.25) is 0 Å². The summed E-state index contributed by atoms with van der Waals surface area (Å²) in [7, 11) is 0. The fraction of sp³-hybridized carbons (Fsp3) is 0.133. The number of halogens is 4. The largest absolute Gasteiger partial charge is 0.573 e. The monoisotopic (exact) mass is 400 g/mol. The van der Waals surface area contributed by atoms with Crippen molar-refractivity contribution in [3.63, 3.8) is 0 Å². The molecule has 2 aromatic rings. The van der Waals surface area contributed by atoms with Crippen LogP contribution in [0.15, 0.2) is 41.0 Å². The van der Waals surface area contributed by atoms with Crippen LogP contribution in [0.5, 0.6) is 5.75 Å². The van der Waals surface area contributed by atoms with E-state index in [-0.39, 0.29) is 17.8 Å². The number of amides is 1. The van der Waals surface area contributed by atoms with Crippen LogP contribution < -0.4 is 9.64 Å². The Hall–Kier alpha value is -2.42. The Bertz CT molecular complexity index is 822. The summed E-state index contributed by atoms with van der Waals surface area (Å²) in [4.78, 5) is 29.4. The molecule has 5 nitrogen and oxygen atoms in total. The van der Waals surface area contributed by atoms with Crippen LogP contribution in [0.4, 0.5) is 18.9 Å². The second kappa shape index (κ2) is 5.90. The van der Waals surface area contributed by atoms with Crippen molar-refractivity contribution in [2.45, 2.75) is 12.9 Å². The summed E-state index contributed by atoms with van der Waals surface area (Å²) in [6, 6.07) is 6.61. The number of benzene rings is 1. The number of ether oxygens (including phenoxy) is 1.